The van der Waals surface area contributed by atoms with Gasteiger partial charge in [0.15, 0.2) is 0 Å². The Balaban J connectivity index is 1.55. The lowest BCUT2D eigenvalue weighted by molar-refractivity contribution is -0.136. The summed E-state index contributed by atoms with van der Waals surface area (Å²) >= 11 is 1.80. The Morgan fingerprint density at radius 3 is 3.00 bits per heavy atom. The van der Waals surface area contributed by atoms with Crippen LogP contribution in [0, 0.1) is 0 Å². The van der Waals surface area contributed by atoms with E-state index in [1.165, 1.54) is 29.1 Å². The average Bonchev–Trinajstić information content (AvgIpc) is 2.90. The molecular formula is C17H20N2O2S. The number of rotatable bonds is 7. The van der Waals surface area contributed by atoms with Gasteiger partial charge in [-0.1, -0.05) is 18.6 Å². The van der Waals surface area contributed by atoms with E-state index in [1.54, 1.807) is 11.3 Å². The van der Waals surface area contributed by atoms with Gasteiger partial charge in [-0.3, -0.25) is 4.79 Å². The second kappa shape index (κ2) is 6.92. The number of nitrogens with zero attached hydrogens (tertiary/aromatic N) is 1. The number of carboxylic acid groups (broad SMARTS) is 1. The fraction of sp³-hybridized carbons (Fsp3) is 0.412. The summed E-state index contributed by atoms with van der Waals surface area (Å²) in [7, 11) is 0. The predicted molar refractivity (Wildman–Crippen MR) is 88.4 cm³/mol. The molecule has 22 heavy (non-hydrogen) atoms. The van der Waals surface area contributed by atoms with Crippen molar-refractivity contribution in [2.75, 3.05) is 5.32 Å². The number of thiazole rings is 1. The quantitative estimate of drug-likeness (QED) is 0.809. The maximum absolute atomic E-state index is 10.6. The van der Waals surface area contributed by atoms with E-state index in [4.69, 9.17) is 5.11 Å². The predicted octanol–water partition coefficient (Wildman–Crippen LogP) is 4.04. The Kier molecular flexibility index (Phi) is 4.73. The molecule has 0 aliphatic heterocycles. The summed E-state index contributed by atoms with van der Waals surface area (Å²) in [6.45, 7) is 0.771. The summed E-state index contributed by atoms with van der Waals surface area (Å²) in [4.78, 5) is 16.4. The molecule has 0 spiro atoms. The summed E-state index contributed by atoms with van der Waals surface area (Å²) in [5, 5.41) is 13.4. The summed E-state index contributed by atoms with van der Waals surface area (Å²) in [6, 6.07) is 7.97. The van der Waals surface area contributed by atoms with Crippen molar-refractivity contribution in [3.8, 4) is 0 Å². The van der Waals surface area contributed by atoms with Gasteiger partial charge in [-0.15, -0.1) is 11.3 Å². The van der Waals surface area contributed by atoms with Crippen LogP contribution < -0.4 is 5.32 Å². The Hall–Kier alpha value is -1.88. The van der Waals surface area contributed by atoms with Gasteiger partial charge in [0.25, 0.3) is 0 Å². The van der Waals surface area contributed by atoms with Crippen LogP contribution in [0.15, 0.2) is 30.5 Å². The van der Waals surface area contributed by atoms with Crippen LogP contribution in [0.1, 0.15) is 47.0 Å². The van der Waals surface area contributed by atoms with E-state index in [-0.39, 0.29) is 6.42 Å². The van der Waals surface area contributed by atoms with Crippen molar-refractivity contribution in [3.63, 3.8) is 0 Å². The highest BCUT2D eigenvalue weighted by Crippen LogP contribution is 2.38. The Morgan fingerprint density at radius 2 is 2.27 bits per heavy atom. The van der Waals surface area contributed by atoms with Crippen LogP contribution in [-0.4, -0.2) is 16.1 Å². The molecule has 0 radical (unpaired) electrons. The summed E-state index contributed by atoms with van der Waals surface area (Å²) in [5.41, 5.74) is 2.08. The normalized spacial score (nSPS) is 14.5. The third kappa shape index (κ3) is 3.85. The number of nitrogens with one attached hydrogen (secondary N) is 1. The van der Waals surface area contributed by atoms with Gasteiger partial charge in [0.2, 0.25) is 0 Å². The van der Waals surface area contributed by atoms with Crippen molar-refractivity contribution >= 4 is 23.0 Å². The lowest BCUT2D eigenvalue weighted by Crippen LogP contribution is -2.07. The minimum Gasteiger partial charge on any atom is -0.481 e. The summed E-state index contributed by atoms with van der Waals surface area (Å²) in [5.74, 6) is -0.0651. The van der Waals surface area contributed by atoms with Crippen LogP contribution in [0.2, 0.25) is 0 Å². The Bertz CT molecular complexity index is 650. The van der Waals surface area contributed by atoms with E-state index < -0.39 is 5.97 Å². The number of aryl methyl sites for hydroxylation is 1. The van der Waals surface area contributed by atoms with Crippen molar-refractivity contribution in [1.82, 2.24) is 4.98 Å². The third-order valence-electron chi connectivity index (χ3n) is 4.05. The van der Waals surface area contributed by atoms with Crippen LogP contribution >= 0.6 is 11.3 Å². The van der Waals surface area contributed by atoms with Crippen LogP contribution in [0.5, 0.6) is 0 Å². The fourth-order valence-corrected chi connectivity index (χ4v) is 3.55. The van der Waals surface area contributed by atoms with E-state index in [1.807, 2.05) is 30.5 Å². The molecule has 1 saturated carbocycles. The smallest absolute Gasteiger partial charge is 0.303 e. The van der Waals surface area contributed by atoms with Gasteiger partial charge >= 0.3 is 5.97 Å². The zero-order valence-electron chi connectivity index (χ0n) is 12.4. The number of aromatic nitrogens is 1. The van der Waals surface area contributed by atoms with Gasteiger partial charge < -0.3 is 10.4 Å². The van der Waals surface area contributed by atoms with Crippen LogP contribution in [-0.2, 0) is 17.8 Å². The zero-order valence-corrected chi connectivity index (χ0v) is 13.2. The first-order valence-electron chi connectivity index (χ1n) is 7.70. The van der Waals surface area contributed by atoms with E-state index >= 15 is 0 Å². The first-order chi connectivity index (χ1) is 10.7. The van der Waals surface area contributed by atoms with E-state index in [9.17, 15) is 4.79 Å². The summed E-state index contributed by atoms with van der Waals surface area (Å²) in [6.07, 6.45) is 6.61. The molecule has 0 unspecified atom stereocenters. The molecular weight excluding hydrogens is 296 g/mol. The molecule has 2 N–H and O–H groups in total. The standard InChI is InChI=1S/C17H20N2O2S/c20-16(21)8-7-12-3-1-6-14(9-12)18-10-15-11-19-17(22-15)13-4-2-5-13/h1,3,6,9,11,13,18H,2,4-5,7-8,10H2,(H,20,21). The van der Waals surface area contributed by atoms with Crippen molar-refractivity contribution in [2.24, 2.45) is 0 Å². The van der Waals surface area contributed by atoms with Crippen LogP contribution in [0.25, 0.3) is 0 Å². The van der Waals surface area contributed by atoms with Gasteiger partial charge in [-0.05, 0) is 37.0 Å². The molecule has 1 aromatic heterocycles. The number of hydrogen-bond donors (Lipinski definition) is 2. The average molecular weight is 316 g/mol. The van der Waals surface area contributed by atoms with Crippen molar-refractivity contribution < 1.29 is 9.90 Å². The zero-order chi connectivity index (χ0) is 15.4. The van der Waals surface area contributed by atoms with E-state index in [0.29, 0.717) is 12.3 Å². The molecule has 116 valence electrons. The molecule has 0 amide bonds. The molecule has 1 heterocycles. The molecule has 2 aromatic rings. The number of carbonyl (C=O) groups is 1. The molecule has 1 aliphatic rings. The number of carboxylic acids is 1. The second-order valence-corrected chi connectivity index (χ2v) is 6.89. The van der Waals surface area contributed by atoms with Gasteiger partial charge in [-0.2, -0.15) is 0 Å². The van der Waals surface area contributed by atoms with E-state index in [0.717, 1.165) is 17.8 Å². The van der Waals surface area contributed by atoms with Crippen LogP contribution in [0.4, 0.5) is 5.69 Å². The Labute approximate surface area is 134 Å². The monoisotopic (exact) mass is 316 g/mol. The SMILES string of the molecule is O=C(O)CCc1cccc(NCc2cnc(C3CCC3)s2)c1. The molecule has 3 rings (SSSR count). The topological polar surface area (TPSA) is 62.2 Å². The summed E-state index contributed by atoms with van der Waals surface area (Å²) < 4.78 is 0. The van der Waals surface area contributed by atoms with Crippen molar-refractivity contribution in [2.45, 2.75) is 44.6 Å². The molecule has 0 saturated heterocycles. The lowest BCUT2D eigenvalue weighted by Gasteiger charge is -2.22. The lowest BCUT2D eigenvalue weighted by atomic mass is 9.86. The fourth-order valence-electron chi connectivity index (χ4n) is 2.53. The minimum absolute atomic E-state index is 0.170. The molecule has 0 bridgehead atoms. The molecule has 5 heteroatoms. The number of anilines is 1. The molecule has 1 aromatic carbocycles. The number of benzene rings is 1. The molecule has 1 fully saturated rings. The molecule has 4 nitrogen and oxygen atoms in total. The van der Waals surface area contributed by atoms with Gasteiger partial charge in [0.1, 0.15) is 0 Å². The van der Waals surface area contributed by atoms with Crippen molar-refractivity contribution in [1.29, 1.82) is 0 Å². The number of aliphatic carboxylic acids is 1. The van der Waals surface area contributed by atoms with Gasteiger partial charge in [0.05, 0.1) is 11.6 Å². The molecule has 1 aliphatic carbocycles. The van der Waals surface area contributed by atoms with Crippen LogP contribution in [0.3, 0.4) is 0 Å². The second-order valence-electron chi connectivity index (χ2n) is 5.74. The first kappa shape index (κ1) is 15.0. The molecule has 0 atom stereocenters. The highest BCUT2D eigenvalue weighted by Gasteiger charge is 2.22. The van der Waals surface area contributed by atoms with Gasteiger partial charge in [0, 0.05) is 29.1 Å². The highest BCUT2D eigenvalue weighted by molar-refractivity contribution is 7.11. The third-order valence-corrected chi connectivity index (χ3v) is 5.21. The maximum atomic E-state index is 10.6. The van der Waals surface area contributed by atoms with Crippen molar-refractivity contribution in [3.05, 3.63) is 45.9 Å². The van der Waals surface area contributed by atoms with Gasteiger partial charge in [-0.25, -0.2) is 4.98 Å². The minimum atomic E-state index is -0.758. The number of hydrogen-bond acceptors (Lipinski definition) is 4. The Morgan fingerprint density at radius 1 is 1.41 bits per heavy atom. The van der Waals surface area contributed by atoms with E-state index in [2.05, 4.69) is 10.3 Å². The first-order valence-corrected chi connectivity index (χ1v) is 8.51. The maximum Gasteiger partial charge on any atom is 0.303 e. The largest absolute Gasteiger partial charge is 0.481 e. The highest BCUT2D eigenvalue weighted by atomic mass is 32.1.